The molecule has 1 aromatic carbocycles. The Hall–Kier alpha value is -0.770. The molecular formula is C14H20Cl2N2O. The molecule has 1 unspecified atom stereocenters. The molecule has 106 valence electrons. The minimum absolute atomic E-state index is 0. The standard InChI is InChI=1S/C14H19ClN2O.ClH/c1-10-3-2-4-12(13(10)15)14(18)17-8-6-11-5-7-16-9-11;/h2-4,11,16H,5-9H2,1H3,(H,17,18);1H. The smallest absolute Gasteiger partial charge is 0.252 e. The number of halogens is 2. The van der Waals surface area contributed by atoms with E-state index in [2.05, 4.69) is 10.6 Å². The molecule has 1 heterocycles. The monoisotopic (exact) mass is 302 g/mol. The predicted octanol–water partition coefficient (Wildman–Crippen LogP) is 2.80. The molecule has 0 saturated carbocycles. The van der Waals surface area contributed by atoms with Crippen LogP contribution in [0.5, 0.6) is 0 Å². The fourth-order valence-corrected chi connectivity index (χ4v) is 2.48. The molecule has 0 radical (unpaired) electrons. The molecule has 0 spiro atoms. The summed E-state index contributed by atoms with van der Waals surface area (Å²) in [5.74, 6) is 0.618. The Morgan fingerprint density at radius 2 is 2.32 bits per heavy atom. The molecular weight excluding hydrogens is 283 g/mol. The molecule has 19 heavy (non-hydrogen) atoms. The third-order valence-electron chi connectivity index (χ3n) is 3.44. The molecule has 2 rings (SSSR count). The highest BCUT2D eigenvalue weighted by Gasteiger charge is 2.15. The molecule has 0 aromatic heterocycles. The number of carbonyl (C=O) groups is 1. The first kappa shape index (κ1) is 16.3. The van der Waals surface area contributed by atoms with Gasteiger partial charge in [-0.2, -0.15) is 0 Å². The van der Waals surface area contributed by atoms with Crippen LogP contribution >= 0.6 is 24.0 Å². The van der Waals surface area contributed by atoms with Crippen LogP contribution in [0.2, 0.25) is 5.02 Å². The summed E-state index contributed by atoms with van der Waals surface area (Å²) < 4.78 is 0. The Morgan fingerprint density at radius 1 is 1.53 bits per heavy atom. The molecule has 1 fully saturated rings. The van der Waals surface area contributed by atoms with Gasteiger partial charge in [-0.1, -0.05) is 23.7 Å². The summed E-state index contributed by atoms with van der Waals surface area (Å²) in [7, 11) is 0. The summed E-state index contributed by atoms with van der Waals surface area (Å²) in [6, 6.07) is 5.53. The van der Waals surface area contributed by atoms with Gasteiger partial charge >= 0.3 is 0 Å². The summed E-state index contributed by atoms with van der Waals surface area (Å²) in [4.78, 5) is 12.0. The van der Waals surface area contributed by atoms with Gasteiger partial charge in [0.25, 0.3) is 5.91 Å². The molecule has 1 saturated heterocycles. The second-order valence-electron chi connectivity index (χ2n) is 4.84. The van der Waals surface area contributed by atoms with Crippen molar-refractivity contribution in [2.45, 2.75) is 19.8 Å². The van der Waals surface area contributed by atoms with Crippen LogP contribution in [-0.4, -0.2) is 25.5 Å². The molecule has 1 aliphatic heterocycles. The minimum atomic E-state index is -0.0744. The van der Waals surface area contributed by atoms with E-state index in [4.69, 9.17) is 11.6 Å². The Morgan fingerprint density at radius 3 is 3.00 bits per heavy atom. The zero-order chi connectivity index (χ0) is 13.0. The Balaban J connectivity index is 0.00000180. The van der Waals surface area contributed by atoms with Crippen molar-refractivity contribution in [2.24, 2.45) is 5.92 Å². The van der Waals surface area contributed by atoms with Crippen LogP contribution in [0, 0.1) is 12.8 Å². The highest BCUT2D eigenvalue weighted by molar-refractivity contribution is 6.34. The molecule has 5 heteroatoms. The number of hydrogen-bond donors (Lipinski definition) is 2. The fourth-order valence-electron chi connectivity index (χ4n) is 2.27. The number of benzene rings is 1. The van der Waals surface area contributed by atoms with E-state index in [9.17, 15) is 4.79 Å². The first-order chi connectivity index (χ1) is 8.68. The summed E-state index contributed by atoms with van der Waals surface area (Å²) in [6.45, 7) is 4.79. The van der Waals surface area contributed by atoms with Crippen molar-refractivity contribution in [1.82, 2.24) is 10.6 Å². The van der Waals surface area contributed by atoms with Gasteiger partial charge in [0, 0.05) is 6.54 Å². The van der Waals surface area contributed by atoms with Crippen molar-refractivity contribution >= 4 is 29.9 Å². The number of rotatable bonds is 4. The highest BCUT2D eigenvalue weighted by Crippen LogP contribution is 2.20. The van der Waals surface area contributed by atoms with Crippen LogP contribution in [0.3, 0.4) is 0 Å². The van der Waals surface area contributed by atoms with Gasteiger partial charge in [-0.05, 0) is 50.4 Å². The van der Waals surface area contributed by atoms with Crippen molar-refractivity contribution in [2.75, 3.05) is 19.6 Å². The second kappa shape index (κ2) is 7.73. The van der Waals surface area contributed by atoms with Gasteiger partial charge in [0.05, 0.1) is 10.6 Å². The van der Waals surface area contributed by atoms with Gasteiger partial charge in [0.1, 0.15) is 0 Å². The second-order valence-corrected chi connectivity index (χ2v) is 5.22. The normalized spacial score (nSPS) is 17.9. The topological polar surface area (TPSA) is 41.1 Å². The quantitative estimate of drug-likeness (QED) is 0.898. The summed E-state index contributed by atoms with van der Waals surface area (Å²) in [5, 5.41) is 6.82. The average molecular weight is 303 g/mol. The number of hydrogen-bond acceptors (Lipinski definition) is 2. The first-order valence-electron chi connectivity index (χ1n) is 6.42. The van der Waals surface area contributed by atoms with Crippen LogP contribution in [0.25, 0.3) is 0 Å². The van der Waals surface area contributed by atoms with E-state index in [1.54, 1.807) is 6.07 Å². The van der Waals surface area contributed by atoms with E-state index in [0.717, 1.165) is 31.6 Å². The van der Waals surface area contributed by atoms with Gasteiger partial charge in [-0.15, -0.1) is 12.4 Å². The van der Waals surface area contributed by atoms with Gasteiger partial charge in [-0.3, -0.25) is 4.79 Å². The molecule has 1 aromatic rings. The minimum Gasteiger partial charge on any atom is -0.352 e. The molecule has 3 nitrogen and oxygen atoms in total. The maximum Gasteiger partial charge on any atom is 0.252 e. The lowest BCUT2D eigenvalue weighted by atomic mass is 10.1. The third-order valence-corrected chi connectivity index (χ3v) is 3.94. The van der Waals surface area contributed by atoms with Crippen LogP contribution in [0.1, 0.15) is 28.8 Å². The number of nitrogens with one attached hydrogen (secondary N) is 2. The summed E-state index contributed by atoms with van der Waals surface area (Å²) in [5.41, 5.74) is 1.51. The van der Waals surface area contributed by atoms with Gasteiger partial charge in [0.15, 0.2) is 0 Å². The molecule has 2 N–H and O–H groups in total. The number of aryl methyl sites for hydroxylation is 1. The van der Waals surface area contributed by atoms with Crippen molar-refractivity contribution in [3.63, 3.8) is 0 Å². The van der Waals surface area contributed by atoms with E-state index >= 15 is 0 Å². The Kier molecular flexibility index (Phi) is 6.63. The lowest BCUT2D eigenvalue weighted by Crippen LogP contribution is -2.26. The van der Waals surface area contributed by atoms with Gasteiger partial charge in [0.2, 0.25) is 0 Å². The molecule has 1 aliphatic rings. The molecule has 0 bridgehead atoms. The highest BCUT2D eigenvalue weighted by atomic mass is 35.5. The molecule has 0 aliphatic carbocycles. The Labute approximate surface area is 125 Å². The average Bonchev–Trinajstić information content (AvgIpc) is 2.85. The van der Waals surface area contributed by atoms with Crippen LogP contribution < -0.4 is 10.6 Å². The van der Waals surface area contributed by atoms with Crippen LogP contribution in [-0.2, 0) is 0 Å². The zero-order valence-corrected chi connectivity index (χ0v) is 12.6. The first-order valence-corrected chi connectivity index (χ1v) is 6.80. The lowest BCUT2D eigenvalue weighted by Gasteiger charge is -2.10. The predicted molar refractivity (Wildman–Crippen MR) is 81.4 cm³/mol. The summed E-state index contributed by atoms with van der Waals surface area (Å²) in [6.07, 6.45) is 2.24. The third kappa shape index (κ3) is 4.37. The van der Waals surface area contributed by atoms with Crippen molar-refractivity contribution in [3.05, 3.63) is 34.3 Å². The number of carbonyl (C=O) groups excluding carboxylic acids is 1. The van der Waals surface area contributed by atoms with Crippen LogP contribution in [0.15, 0.2) is 18.2 Å². The van der Waals surface area contributed by atoms with E-state index in [0.29, 0.717) is 16.5 Å². The SMILES string of the molecule is Cc1cccc(C(=O)NCCC2CCNC2)c1Cl.Cl. The largest absolute Gasteiger partial charge is 0.352 e. The number of amides is 1. The van der Waals surface area contributed by atoms with Crippen molar-refractivity contribution < 1.29 is 4.79 Å². The maximum atomic E-state index is 12.0. The van der Waals surface area contributed by atoms with E-state index in [-0.39, 0.29) is 18.3 Å². The van der Waals surface area contributed by atoms with Crippen molar-refractivity contribution in [3.8, 4) is 0 Å². The van der Waals surface area contributed by atoms with E-state index < -0.39 is 0 Å². The van der Waals surface area contributed by atoms with Crippen molar-refractivity contribution in [1.29, 1.82) is 0 Å². The van der Waals surface area contributed by atoms with Crippen LogP contribution in [0.4, 0.5) is 0 Å². The maximum absolute atomic E-state index is 12.0. The Bertz CT molecular complexity index is 431. The summed E-state index contributed by atoms with van der Waals surface area (Å²) >= 11 is 6.12. The fraction of sp³-hybridized carbons (Fsp3) is 0.500. The van der Waals surface area contributed by atoms with Gasteiger partial charge < -0.3 is 10.6 Å². The molecule has 1 amide bonds. The molecule has 1 atom stereocenters. The van der Waals surface area contributed by atoms with Gasteiger partial charge in [-0.25, -0.2) is 0 Å². The van der Waals surface area contributed by atoms with E-state index in [1.807, 2.05) is 19.1 Å². The lowest BCUT2D eigenvalue weighted by molar-refractivity contribution is 0.0951. The van der Waals surface area contributed by atoms with E-state index in [1.165, 1.54) is 6.42 Å². The zero-order valence-electron chi connectivity index (χ0n) is 11.0.